The first-order valence-electron chi connectivity index (χ1n) is 0.796. The van der Waals surface area contributed by atoms with Crippen LogP contribution in [0.5, 0.6) is 0 Å². The van der Waals surface area contributed by atoms with Gasteiger partial charge >= 0.3 is 41.0 Å². The molecule has 0 aromatic carbocycles. The fraction of sp³-hybridized carbons (Fsp3) is 0. The Balaban J connectivity index is -0.0000000750. The fourth-order valence-corrected chi connectivity index (χ4v) is 0. The second-order valence-electron chi connectivity index (χ2n) is 0.408. The first kappa shape index (κ1) is 16.0. The molecule has 0 atom stereocenters. The van der Waals surface area contributed by atoms with Crippen molar-refractivity contribution in [2.24, 2.45) is 0 Å². The zero-order chi connectivity index (χ0) is 6.50. The third-order valence-corrected chi connectivity index (χ3v) is 0. The third-order valence-electron chi connectivity index (χ3n) is 0. The molecule has 0 fully saturated rings. The molecular formula is Ni2O4S2. The van der Waals surface area contributed by atoms with Gasteiger partial charge in [0.25, 0.3) is 0 Å². The van der Waals surface area contributed by atoms with Crippen LogP contribution in [0.2, 0.25) is 0 Å². The Morgan fingerprint density at radius 1 is 1.25 bits per heavy atom. The first-order valence-corrected chi connectivity index (χ1v) is 3.60. The molecular weight excluding hydrogens is 246 g/mol. The monoisotopic (exact) mass is 244 g/mol. The molecule has 0 saturated carbocycles. The first-order chi connectivity index (χ1) is 3.00. The van der Waals surface area contributed by atoms with Crippen LogP contribution in [0.15, 0.2) is 0 Å². The van der Waals surface area contributed by atoms with Crippen LogP contribution in [0.4, 0.5) is 0 Å². The Hall–Kier alpha value is 1.08. The maximum atomic E-state index is 8.52. The van der Waals surface area contributed by atoms with E-state index in [9.17, 15) is 0 Å². The molecule has 0 aromatic rings. The zero-order valence-electron chi connectivity index (χ0n) is 3.08. The van der Waals surface area contributed by atoms with Crippen molar-refractivity contribution in [3.63, 3.8) is 0 Å². The predicted molar refractivity (Wildman–Crippen MR) is 18.1 cm³/mol. The topological polar surface area (TPSA) is 80.3 Å². The van der Waals surface area contributed by atoms with Crippen LogP contribution >= 0.6 is 10.7 Å². The molecule has 0 N–H and O–H groups in total. The molecule has 0 heterocycles. The third kappa shape index (κ3) is 225. The van der Waals surface area contributed by atoms with E-state index in [0.717, 1.165) is 0 Å². The summed E-state index contributed by atoms with van der Waals surface area (Å²) in [6.45, 7) is 0. The summed E-state index contributed by atoms with van der Waals surface area (Å²) in [4.78, 5) is 0. The summed E-state index contributed by atoms with van der Waals surface area (Å²) in [7, 11) is -1.46. The molecule has 0 unspecified atom stereocenters. The molecule has 0 aliphatic rings. The van der Waals surface area contributed by atoms with Crippen LogP contribution in [0.3, 0.4) is 0 Å². The van der Waals surface area contributed by atoms with E-state index < -0.39 is 10.4 Å². The zero-order valence-corrected chi connectivity index (χ0v) is 6.69. The molecule has 4 nitrogen and oxygen atoms in total. The molecule has 8 heavy (non-hydrogen) atoms. The Labute approximate surface area is 68.8 Å². The van der Waals surface area contributed by atoms with Crippen molar-refractivity contribution in [2.45, 2.75) is 0 Å². The summed E-state index contributed by atoms with van der Waals surface area (Å²) >= 11 is 3.46. The van der Waals surface area contributed by atoms with Crippen molar-refractivity contribution < 1.29 is 47.9 Å². The summed E-state index contributed by atoms with van der Waals surface area (Å²) in [6.07, 6.45) is 0. The van der Waals surface area contributed by atoms with Crippen molar-refractivity contribution >= 4 is 21.1 Å². The van der Waals surface area contributed by atoms with Gasteiger partial charge in [0.2, 0.25) is 0 Å². The summed E-state index contributed by atoms with van der Waals surface area (Å²) in [5.41, 5.74) is 0. The van der Waals surface area contributed by atoms with Gasteiger partial charge in [0, 0.05) is 10.4 Å². The Kier molecular flexibility index (Phi) is 16.2. The summed E-state index contributed by atoms with van der Waals surface area (Å²) < 4.78 is 34.1. The molecule has 0 aliphatic carbocycles. The number of hydrogen-bond acceptors (Lipinski definition) is 5. The molecule has 0 spiro atoms. The Morgan fingerprint density at radius 2 is 1.25 bits per heavy atom. The van der Waals surface area contributed by atoms with E-state index in [-0.39, 0.29) is 16.5 Å². The average Bonchev–Trinajstić information content (AvgIpc) is 1.36. The molecule has 0 aromatic heterocycles. The van der Waals surface area contributed by atoms with E-state index in [0.29, 0.717) is 0 Å². The second-order valence-corrected chi connectivity index (χ2v) is 1.22. The van der Waals surface area contributed by atoms with Crippen LogP contribution < -0.4 is 0 Å². The van der Waals surface area contributed by atoms with Gasteiger partial charge in [-0.2, -0.15) is 0 Å². The summed E-state index contributed by atoms with van der Waals surface area (Å²) in [5.74, 6) is 0. The van der Waals surface area contributed by atoms with Gasteiger partial charge in [0.15, 0.2) is 0 Å². The van der Waals surface area contributed by atoms with Gasteiger partial charge < -0.3 is 9.11 Å². The van der Waals surface area contributed by atoms with Crippen LogP contribution in [-0.4, -0.2) is 17.5 Å². The minimum absolute atomic E-state index is 0. The maximum absolute atomic E-state index is 8.52. The van der Waals surface area contributed by atoms with Crippen LogP contribution in [0.25, 0.3) is 0 Å². The van der Waals surface area contributed by atoms with E-state index in [4.69, 9.17) is 17.5 Å². The quantitative estimate of drug-likeness (QED) is 0.320. The van der Waals surface area contributed by atoms with Crippen molar-refractivity contribution in [1.29, 1.82) is 0 Å². The minimum atomic E-state index is -5.17. The molecule has 8 heteroatoms. The van der Waals surface area contributed by atoms with Gasteiger partial charge in [-0.05, 0) is 0 Å². The van der Waals surface area contributed by atoms with E-state index in [2.05, 4.69) is 24.5 Å². The molecule has 0 bridgehead atoms. The number of hydrogen-bond donors (Lipinski definition) is 0. The van der Waals surface area contributed by atoms with Gasteiger partial charge in [-0.1, -0.05) is 0 Å². The van der Waals surface area contributed by atoms with Gasteiger partial charge in [-0.15, -0.1) is 0 Å². The van der Waals surface area contributed by atoms with Gasteiger partial charge in [0.05, 0.1) is 0 Å². The second kappa shape index (κ2) is 8.08. The standard InChI is InChI=1S/2Ni.H2O4S.S/c;;1-5(2,3)4;/h;;(H2,1,2,3,4);/q;+2;;/p-2. The number of rotatable bonds is 0. The van der Waals surface area contributed by atoms with Gasteiger partial charge in [-0.3, -0.25) is 8.42 Å². The average molecular weight is 246 g/mol. The van der Waals surface area contributed by atoms with Crippen molar-refractivity contribution in [1.82, 2.24) is 0 Å². The van der Waals surface area contributed by atoms with Crippen molar-refractivity contribution in [2.75, 3.05) is 0 Å². The van der Waals surface area contributed by atoms with Crippen molar-refractivity contribution in [3.05, 3.63) is 0 Å². The van der Waals surface area contributed by atoms with Crippen molar-refractivity contribution in [3.8, 4) is 0 Å². The Bertz CT molecular complexity index is 106. The van der Waals surface area contributed by atoms with E-state index in [1.54, 1.807) is 0 Å². The molecule has 0 radical (unpaired) electrons. The van der Waals surface area contributed by atoms with E-state index in [1.165, 1.54) is 0 Å². The normalized spacial score (nSPS) is 8.00. The van der Waals surface area contributed by atoms with Crippen LogP contribution in [0, 0.1) is 0 Å². The molecule has 0 saturated heterocycles. The van der Waals surface area contributed by atoms with E-state index in [1.807, 2.05) is 0 Å². The van der Waals surface area contributed by atoms with E-state index >= 15 is 0 Å². The molecule has 0 rings (SSSR count). The SMILES string of the molecule is O=S(=O)([O-])[O-].[Ni+2].[S]=[Ni]. The molecule has 56 valence electrons. The predicted octanol–water partition coefficient (Wildman–Crippen LogP) is -0.695. The van der Waals surface area contributed by atoms with Crippen LogP contribution in [0.1, 0.15) is 0 Å². The van der Waals surface area contributed by atoms with Gasteiger partial charge in [0.1, 0.15) is 0 Å². The van der Waals surface area contributed by atoms with Gasteiger partial charge in [-0.25, -0.2) is 0 Å². The summed E-state index contributed by atoms with van der Waals surface area (Å²) in [6, 6.07) is 0. The Morgan fingerprint density at radius 3 is 1.25 bits per heavy atom. The fourth-order valence-electron chi connectivity index (χ4n) is 0. The van der Waals surface area contributed by atoms with Crippen LogP contribution in [-0.2, 0) is 40.8 Å². The summed E-state index contributed by atoms with van der Waals surface area (Å²) in [5, 5.41) is 0. The molecule has 0 aliphatic heterocycles. The molecule has 0 amide bonds.